The molecule has 0 aliphatic carbocycles. The van der Waals surface area contributed by atoms with Crippen molar-refractivity contribution in [3.63, 3.8) is 0 Å². The summed E-state index contributed by atoms with van der Waals surface area (Å²) in [4.78, 5) is 5.41. The molecule has 0 spiro atoms. The maximum absolute atomic E-state index is 4.22. The predicted molar refractivity (Wildman–Crippen MR) is 82.9 cm³/mol. The normalized spacial score (nSPS) is 11.6. The predicted octanol–water partition coefficient (Wildman–Crippen LogP) is 3.04. The highest BCUT2D eigenvalue weighted by atomic mass is 32.1. The monoisotopic (exact) mass is 286 g/mol. The molecule has 0 fully saturated rings. The molecule has 1 N–H and O–H groups in total. The summed E-state index contributed by atoms with van der Waals surface area (Å²) in [5.74, 6) is 0. The van der Waals surface area contributed by atoms with Gasteiger partial charge in [0.1, 0.15) is 12.7 Å². The fourth-order valence-corrected chi connectivity index (χ4v) is 3.41. The van der Waals surface area contributed by atoms with Crippen LogP contribution in [0.3, 0.4) is 0 Å². The van der Waals surface area contributed by atoms with Crippen LogP contribution in [0.15, 0.2) is 36.9 Å². The molecule has 0 aliphatic rings. The number of nitrogens with zero attached hydrogens (tertiary/aromatic N) is 3. The minimum atomic E-state index is 0.486. The van der Waals surface area contributed by atoms with Crippen molar-refractivity contribution in [3.8, 4) is 0 Å². The first kappa shape index (κ1) is 13.3. The van der Waals surface area contributed by atoms with Gasteiger partial charge in [0.15, 0.2) is 0 Å². The van der Waals surface area contributed by atoms with Crippen LogP contribution in [-0.2, 0) is 13.1 Å². The van der Waals surface area contributed by atoms with E-state index in [1.54, 1.807) is 12.7 Å². The van der Waals surface area contributed by atoms with Crippen molar-refractivity contribution in [2.75, 3.05) is 0 Å². The van der Waals surface area contributed by atoms with Crippen LogP contribution in [0.4, 0.5) is 0 Å². The van der Waals surface area contributed by atoms with Gasteiger partial charge < -0.3 is 5.32 Å². The smallest absolute Gasteiger partial charge is 0.137 e. The molecule has 0 bridgehead atoms. The Bertz CT molecular complexity index is 685. The van der Waals surface area contributed by atoms with E-state index in [0.717, 1.165) is 13.1 Å². The first-order valence-corrected chi connectivity index (χ1v) is 7.61. The number of benzene rings is 1. The van der Waals surface area contributed by atoms with Gasteiger partial charge in [-0.3, -0.25) is 0 Å². The average molecular weight is 286 g/mol. The van der Waals surface area contributed by atoms with Gasteiger partial charge >= 0.3 is 0 Å². The van der Waals surface area contributed by atoms with E-state index in [1.807, 2.05) is 16.0 Å². The van der Waals surface area contributed by atoms with Gasteiger partial charge in [-0.1, -0.05) is 32.0 Å². The Labute approximate surface area is 122 Å². The van der Waals surface area contributed by atoms with Crippen molar-refractivity contribution in [1.82, 2.24) is 20.1 Å². The molecule has 3 rings (SSSR count). The zero-order valence-electron chi connectivity index (χ0n) is 11.7. The summed E-state index contributed by atoms with van der Waals surface area (Å²) in [7, 11) is 0. The highest BCUT2D eigenvalue weighted by Crippen LogP contribution is 2.31. The molecular weight excluding hydrogens is 268 g/mol. The number of nitrogens with one attached hydrogen (secondary N) is 1. The van der Waals surface area contributed by atoms with Crippen molar-refractivity contribution in [2.45, 2.75) is 33.0 Å². The van der Waals surface area contributed by atoms with E-state index in [2.05, 4.69) is 53.5 Å². The molecule has 104 valence electrons. The zero-order valence-corrected chi connectivity index (χ0v) is 12.5. The number of rotatable bonds is 5. The van der Waals surface area contributed by atoms with Gasteiger partial charge in [0.05, 0.1) is 6.54 Å². The van der Waals surface area contributed by atoms with Gasteiger partial charge in [0, 0.05) is 22.2 Å². The van der Waals surface area contributed by atoms with Crippen molar-refractivity contribution in [1.29, 1.82) is 0 Å². The Morgan fingerprint density at radius 2 is 2.15 bits per heavy atom. The molecule has 0 radical (unpaired) electrons. The number of fused-ring (bicyclic) bond motifs is 1. The molecule has 5 heteroatoms. The van der Waals surface area contributed by atoms with Crippen LogP contribution < -0.4 is 5.32 Å². The van der Waals surface area contributed by atoms with Crippen LogP contribution in [0.25, 0.3) is 10.1 Å². The van der Waals surface area contributed by atoms with E-state index in [9.17, 15) is 0 Å². The van der Waals surface area contributed by atoms with Crippen LogP contribution in [0.2, 0.25) is 0 Å². The summed E-state index contributed by atoms with van der Waals surface area (Å²) < 4.78 is 3.22. The summed E-state index contributed by atoms with van der Waals surface area (Å²) >= 11 is 1.86. The van der Waals surface area contributed by atoms with Gasteiger partial charge in [0.2, 0.25) is 0 Å². The van der Waals surface area contributed by atoms with E-state index < -0.39 is 0 Å². The van der Waals surface area contributed by atoms with E-state index in [0.29, 0.717) is 6.04 Å². The molecule has 2 heterocycles. The van der Waals surface area contributed by atoms with Crippen LogP contribution in [0.5, 0.6) is 0 Å². The minimum Gasteiger partial charge on any atom is -0.310 e. The largest absolute Gasteiger partial charge is 0.310 e. The van der Waals surface area contributed by atoms with Crippen LogP contribution in [-0.4, -0.2) is 20.8 Å². The molecule has 0 saturated heterocycles. The molecule has 0 atom stereocenters. The molecule has 0 unspecified atom stereocenters. The summed E-state index contributed by atoms with van der Waals surface area (Å²) in [5, 5.41) is 9.06. The lowest BCUT2D eigenvalue weighted by molar-refractivity contribution is 0.588. The zero-order chi connectivity index (χ0) is 13.9. The average Bonchev–Trinajstić information content (AvgIpc) is 3.05. The van der Waals surface area contributed by atoms with Crippen LogP contribution in [0.1, 0.15) is 24.3 Å². The Kier molecular flexibility index (Phi) is 3.80. The third-order valence-corrected chi connectivity index (χ3v) is 4.45. The second-order valence-corrected chi connectivity index (χ2v) is 6.27. The molecular formula is C15H18N4S. The summed E-state index contributed by atoms with van der Waals surface area (Å²) in [6.07, 6.45) is 3.35. The summed E-state index contributed by atoms with van der Waals surface area (Å²) in [6, 6.07) is 9.05. The van der Waals surface area contributed by atoms with Crippen LogP contribution in [0, 0.1) is 0 Å². The first-order valence-electron chi connectivity index (χ1n) is 6.79. The molecule has 2 aromatic heterocycles. The Balaban J connectivity index is 1.99. The van der Waals surface area contributed by atoms with Gasteiger partial charge in [-0.25, -0.2) is 9.67 Å². The van der Waals surface area contributed by atoms with Crippen molar-refractivity contribution in [3.05, 3.63) is 47.4 Å². The fourth-order valence-electron chi connectivity index (χ4n) is 2.24. The first-order chi connectivity index (χ1) is 9.74. The van der Waals surface area contributed by atoms with Crippen molar-refractivity contribution in [2.24, 2.45) is 0 Å². The second kappa shape index (κ2) is 5.73. The van der Waals surface area contributed by atoms with Gasteiger partial charge in [-0.05, 0) is 17.0 Å². The topological polar surface area (TPSA) is 42.7 Å². The Morgan fingerprint density at radius 3 is 2.90 bits per heavy atom. The lowest BCUT2D eigenvalue weighted by Crippen LogP contribution is -2.22. The van der Waals surface area contributed by atoms with Gasteiger partial charge in [-0.15, -0.1) is 11.3 Å². The van der Waals surface area contributed by atoms with E-state index >= 15 is 0 Å². The lowest BCUT2D eigenvalue weighted by atomic mass is 10.1. The fraction of sp³-hybridized carbons (Fsp3) is 0.333. The summed E-state index contributed by atoms with van der Waals surface area (Å²) in [6.45, 7) is 6.02. The number of aromatic nitrogens is 3. The quantitative estimate of drug-likeness (QED) is 0.784. The molecule has 0 aliphatic heterocycles. The SMILES string of the molecule is CC(C)NCc1sc2ccccc2c1Cn1cncn1. The Hall–Kier alpha value is -1.72. The van der Waals surface area contributed by atoms with Crippen LogP contribution >= 0.6 is 11.3 Å². The van der Waals surface area contributed by atoms with Gasteiger partial charge in [-0.2, -0.15) is 5.10 Å². The number of hydrogen-bond donors (Lipinski definition) is 1. The Morgan fingerprint density at radius 1 is 1.30 bits per heavy atom. The van der Waals surface area contributed by atoms with E-state index in [1.165, 1.54) is 20.5 Å². The summed E-state index contributed by atoms with van der Waals surface area (Å²) in [5.41, 5.74) is 1.35. The van der Waals surface area contributed by atoms with Crippen molar-refractivity contribution >= 4 is 21.4 Å². The van der Waals surface area contributed by atoms with Gasteiger partial charge in [0.25, 0.3) is 0 Å². The molecule has 20 heavy (non-hydrogen) atoms. The highest BCUT2D eigenvalue weighted by molar-refractivity contribution is 7.19. The third-order valence-electron chi connectivity index (χ3n) is 3.24. The molecule has 3 aromatic rings. The second-order valence-electron chi connectivity index (χ2n) is 5.13. The number of thiophene rings is 1. The number of hydrogen-bond acceptors (Lipinski definition) is 4. The molecule has 1 aromatic carbocycles. The standard InChI is InChI=1S/C15H18N4S/c1-11(2)17-7-15-13(8-19-10-16-9-18-19)12-5-3-4-6-14(12)20-15/h3-6,9-11,17H,7-8H2,1-2H3. The van der Waals surface area contributed by atoms with E-state index in [4.69, 9.17) is 0 Å². The maximum atomic E-state index is 4.22. The highest BCUT2D eigenvalue weighted by Gasteiger charge is 2.12. The minimum absolute atomic E-state index is 0.486. The third kappa shape index (κ3) is 2.73. The molecule has 0 amide bonds. The lowest BCUT2D eigenvalue weighted by Gasteiger charge is -2.09. The molecule has 4 nitrogen and oxygen atoms in total. The van der Waals surface area contributed by atoms with E-state index in [-0.39, 0.29) is 0 Å². The van der Waals surface area contributed by atoms with Crippen molar-refractivity contribution < 1.29 is 0 Å². The molecule has 0 saturated carbocycles. The maximum Gasteiger partial charge on any atom is 0.137 e.